The Hall–Kier alpha value is -3.49. The Morgan fingerprint density at radius 1 is 0.971 bits per heavy atom. The first-order chi connectivity index (χ1) is 15.9. The fourth-order valence-electron chi connectivity index (χ4n) is 3.38. The van der Waals surface area contributed by atoms with Crippen molar-refractivity contribution in [2.75, 3.05) is 33.2 Å². The lowest BCUT2D eigenvalue weighted by atomic mass is 10.1. The van der Waals surface area contributed by atoms with Gasteiger partial charge in [0.25, 0.3) is 5.91 Å². The Morgan fingerprint density at radius 3 is 2.21 bits per heavy atom. The molecule has 0 aliphatic carbocycles. The molecule has 9 heteroatoms. The van der Waals surface area contributed by atoms with Gasteiger partial charge in [0.2, 0.25) is 11.5 Å². The third-order valence-electron chi connectivity index (χ3n) is 5.11. The lowest BCUT2D eigenvalue weighted by Crippen LogP contribution is -2.15. The number of amides is 1. The summed E-state index contributed by atoms with van der Waals surface area (Å²) >= 11 is 0. The van der Waals surface area contributed by atoms with Crippen LogP contribution in [0.2, 0.25) is 0 Å². The normalized spacial score (nSPS) is 10.2. The van der Waals surface area contributed by atoms with Crippen LogP contribution in [0.25, 0.3) is 0 Å². The van der Waals surface area contributed by atoms with E-state index in [1.807, 2.05) is 12.1 Å². The first kappa shape index (κ1) is 26.8. The smallest absolute Gasteiger partial charge is 0.259 e. The zero-order valence-corrected chi connectivity index (χ0v) is 20.3. The fraction of sp³-hybridized carbons (Fsp3) is 0.240. The van der Waals surface area contributed by atoms with Crippen LogP contribution in [0.15, 0.2) is 48.5 Å². The molecule has 182 valence electrons. The van der Waals surface area contributed by atoms with Crippen molar-refractivity contribution in [1.82, 2.24) is 0 Å². The van der Waals surface area contributed by atoms with Gasteiger partial charge in [-0.15, -0.1) is 12.4 Å². The zero-order chi connectivity index (χ0) is 24.0. The highest BCUT2D eigenvalue weighted by Crippen LogP contribution is 2.48. The van der Waals surface area contributed by atoms with Crippen molar-refractivity contribution in [2.24, 2.45) is 5.73 Å². The Morgan fingerprint density at radius 2 is 1.62 bits per heavy atom. The second-order valence-electron chi connectivity index (χ2n) is 7.17. The van der Waals surface area contributed by atoms with Crippen LogP contribution in [0, 0.1) is 12.7 Å². The fourth-order valence-corrected chi connectivity index (χ4v) is 3.38. The predicted octanol–water partition coefficient (Wildman–Crippen LogP) is 5.13. The predicted molar refractivity (Wildman–Crippen MR) is 132 cm³/mol. The summed E-state index contributed by atoms with van der Waals surface area (Å²) in [5, 5.41) is 2.72. The summed E-state index contributed by atoms with van der Waals surface area (Å²) in [5.74, 6) is 0.457. The number of ether oxygens (including phenoxy) is 4. The van der Waals surface area contributed by atoms with Gasteiger partial charge in [0, 0.05) is 17.3 Å². The monoisotopic (exact) mass is 490 g/mol. The molecule has 0 aliphatic rings. The lowest BCUT2D eigenvalue weighted by Gasteiger charge is -2.19. The highest BCUT2D eigenvalue weighted by Gasteiger charge is 2.26. The highest BCUT2D eigenvalue weighted by molar-refractivity contribution is 6.08. The number of rotatable bonds is 9. The van der Waals surface area contributed by atoms with Crippen LogP contribution in [0.3, 0.4) is 0 Å². The van der Waals surface area contributed by atoms with Gasteiger partial charge in [0.1, 0.15) is 11.6 Å². The van der Waals surface area contributed by atoms with Crippen LogP contribution in [0.5, 0.6) is 28.7 Å². The molecular formula is C25H28ClFN2O5. The molecule has 3 aromatic carbocycles. The number of hydrogen-bond acceptors (Lipinski definition) is 6. The van der Waals surface area contributed by atoms with Crippen molar-refractivity contribution in [3.63, 3.8) is 0 Å². The van der Waals surface area contributed by atoms with Crippen molar-refractivity contribution in [3.8, 4) is 28.7 Å². The molecule has 0 heterocycles. The average molecular weight is 491 g/mol. The molecule has 0 aliphatic heterocycles. The SMILES string of the molecule is COc1c(Oc2ccc(CCN)cc2)cc(C(=O)Nc2cccc(F)c2C)c(OC)c1OC.Cl. The molecule has 0 radical (unpaired) electrons. The van der Waals surface area contributed by atoms with E-state index in [0.717, 1.165) is 12.0 Å². The molecule has 3 rings (SSSR count). The van der Waals surface area contributed by atoms with Gasteiger partial charge in [-0.25, -0.2) is 4.39 Å². The Bertz CT molecular complexity index is 1140. The van der Waals surface area contributed by atoms with Gasteiger partial charge in [0.15, 0.2) is 11.5 Å². The van der Waals surface area contributed by atoms with E-state index in [1.165, 1.54) is 39.5 Å². The summed E-state index contributed by atoms with van der Waals surface area (Å²) in [6, 6.07) is 13.4. The number of halogens is 2. The van der Waals surface area contributed by atoms with Crippen molar-refractivity contribution >= 4 is 24.0 Å². The summed E-state index contributed by atoms with van der Waals surface area (Å²) in [6.45, 7) is 2.13. The molecule has 0 saturated heterocycles. The van der Waals surface area contributed by atoms with E-state index in [-0.39, 0.29) is 41.0 Å². The molecule has 0 unspecified atom stereocenters. The summed E-state index contributed by atoms with van der Waals surface area (Å²) < 4.78 is 36.4. The van der Waals surface area contributed by atoms with E-state index >= 15 is 0 Å². The zero-order valence-electron chi connectivity index (χ0n) is 19.4. The standard InChI is InChI=1S/C25H27FN2O5.ClH/c1-15-19(26)6-5-7-20(15)28-25(29)18-14-21(23(31-3)24(32-4)22(18)30-2)33-17-10-8-16(9-11-17)12-13-27;/h5-11,14H,12-13,27H2,1-4H3,(H,28,29);1H. The van der Waals surface area contributed by atoms with E-state index in [9.17, 15) is 9.18 Å². The van der Waals surface area contributed by atoms with Crippen molar-refractivity contribution in [2.45, 2.75) is 13.3 Å². The Balaban J connectivity index is 0.00000408. The number of methoxy groups -OCH3 is 3. The first-order valence-electron chi connectivity index (χ1n) is 10.3. The molecule has 3 N–H and O–H groups in total. The van der Waals surface area contributed by atoms with E-state index in [4.69, 9.17) is 24.7 Å². The molecule has 3 aromatic rings. The minimum Gasteiger partial charge on any atom is -0.492 e. The van der Waals surface area contributed by atoms with Gasteiger partial charge in [-0.2, -0.15) is 0 Å². The number of nitrogens with two attached hydrogens (primary N) is 1. The number of nitrogens with one attached hydrogen (secondary N) is 1. The van der Waals surface area contributed by atoms with Gasteiger partial charge in [0.05, 0.1) is 26.9 Å². The lowest BCUT2D eigenvalue weighted by molar-refractivity contribution is 0.102. The second kappa shape index (κ2) is 12.1. The van der Waals surface area contributed by atoms with Crippen molar-refractivity contribution in [3.05, 3.63) is 71.0 Å². The van der Waals surface area contributed by atoms with Gasteiger partial charge in [-0.05, 0) is 49.7 Å². The molecule has 0 bridgehead atoms. The second-order valence-corrected chi connectivity index (χ2v) is 7.17. The molecule has 34 heavy (non-hydrogen) atoms. The van der Waals surface area contributed by atoms with E-state index < -0.39 is 11.7 Å². The minimum absolute atomic E-state index is 0. The molecule has 0 aromatic heterocycles. The third kappa shape index (κ3) is 5.70. The molecule has 0 atom stereocenters. The van der Waals surface area contributed by atoms with Crippen LogP contribution in [-0.4, -0.2) is 33.8 Å². The van der Waals surface area contributed by atoms with Crippen LogP contribution >= 0.6 is 12.4 Å². The highest BCUT2D eigenvalue weighted by atomic mass is 35.5. The van der Waals surface area contributed by atoms with Gasteiger partial charge < -0.3 is 30.0 Å². The van der Waals surface area contributed by atoms with E-state index in [0.29, 0.717) is 23.5 Å². The van der Waals surface area contributed by atoms with Crippen LogP contribution in [0.1, 0.15) is 21.5 Å². The van der Waals surface area contributed by atoms with E-state index in [1.54, 1.807) is 25.1 Å². The molecule has 0 spiro atoms. The largest absolute Gasteiger partial charge is 0.492 e. The maximum Gasteiger partial charge on any atom is 0.259 e. The quantitative estimate of drug-likeness (QED) is 0.432. The van der Waals surface area contributed by atoms with Crippen LogP contribution in [0.4, 0.5) is 10.1 Å². The van der Waals surface area contributed by atoms with Crippen molar-refractivity contribution < 1.29 is 28.1 Å². The molecular weight excluding hydrogens is 463 g/mol. The summed E-state index contributed by atoms with van der Waals surface area (Å²) in [6.07, 6.45) is 0.754. The molecule has 7 nitrogen and oxygen atoms in total. The number of anilines is 1. The number of carbonyl (C=O) groups excluding carboxylic acids is 1. The summed E-state index contributed by atoms with van der Waals surface area (Å²) in [4.78, 5) is 13.2. The van der Waals surface area contributed by atoms with Gasteiger partial charge >= 0.3 is 0 Å². The molecule has 0 fully saturated rings. The van der Waals surface area contributed by atoms with E-state index in [2.05, 4.69) is 5.32 Å². The maximum absolute atomic E-state index is 13.9. The Kier molecular flexibility index (Phi) is 9.53. The molecule has 0 saturated carbocycles. The maximum atomic E-state index is 13.9. The topological polar surface area (TPSA) is 92.0 Å². The number of hydrogen-bond donors (Lipinski definition) is 2. The van der Waals surface area contributed by atoms with Crippen LogP contribution in [-0.2, 0) is 6.42 Å². The average Bonchev–Trinajstić information content (AvgIpc) is 2.82. The number of benzene rings is 3. The third-order valence-corrected chi connectivity index (χ3v) is 5.11. The number of carbonyl (C=O) groups is 1. The van der Waals surface area contributed by atoms with Gasteiger partial charge in [-0.3, -0.25) is 4.79 Å². The Labute approximate surface area is 204 Å². The summed E-state index contributed by atoms with van der Waals surface area (Å²) in [5.41, 5.74) is 7.48. The minimum atomic E-state index is -0.523. The van der Waals surface area contributed by atoms with Gasteiger partial charge in [-0.1, -0.05) is 18.2 Å². The van der Waals surface area contributed by atoms with Crippen molar-refractivity contribution in [1.29, 1.82) is 0 Å². The first-order valence-corrected chi connectivity index (χ1v) is 10.3. The summed E-state index contributed by atoms with van der Waals surface area (Å²) in [7, 11) is 4.31. The molecule has 1 amide bonds. The van der Waals surface area contributed by atoms with Crippen LogP contribution < -0.4 is 30.0 Å².